The molecule has 0 aromatic rings. The Bertz CT molecular complexity index is 505. The summed E-state index contributed by atoms with van der Waals surface area (Å²) in [5.74, 6) is 2.64. The molecule has 0 amide bonds. The van der Waals surface area contributed by atoms with Crippen LogP contribution in [0.4, 0.5) is 0 Å². The van der Waals surface area contributed by atoms with Gasteiger partial charge in [0.15, 0.2) is 15.8 Å². The monoisotopic (exact) mass is 329 g/mol. The fourth-order valence-corrected chi connectivity index (χ4v) is 4.79. The van der Waals surface area contributed by atoms with E-state index in [2.05, 4.69) is 22.1 Å². The molecule has 1 aliphatic carbocycles. The second-order valence-electron chi connectivity index (χ2n) is 7.55. The molecule has 0 aromatic heterocycles. The molecule has 0 spiro atoms. The molecule has 1 saturated carbocycles. The van der Waals surface area contributed by atoms with Gasteiger partial charge in [-0.25, -0.2) is 8.42 Å². The minimum absolute atomic E-state index is 0.210. The summed E-state index contributed by atoms with van der Waals surface area (Å²) in [6, 6.07) is 0. The molecule has 22 heavy (non-hydrogen) atoms. The van der Waals surface area contributed by atoms with Crippen LogP contribution in [0, 0.1) is 11.8 Å². The Hall–Kier alpha value is -0.780. The summed E-state index contributed by atoms with van der Waals surface area (Å²) in [7, 11) is -1.22. The lowest BCUT2D eigenvalue weighted by atomic mass is 9.83. The fourth-order valence-electron chi connectivity index (χ4n) is 3.43. The maximum Gasteiger partial charge on any atom is 0.193 e. The van der Waals surface area contributed by atoms with Crippen molar-refractivity contribution in [1.82, 2.24) is 10.2 Å². The number of aliphatic imine (C=N–C) groups is 1. The lowest BCUT2D eigenvalue weighted by Gasteiger charge is -2.39. The highest BCUT2D eigenvalue weighted by atomic mass is 32.2. The lowest BCUT2D eigenvalue weighted by Crippen LogP contribution is -2.57. The Morgan fingerprint density at radius 2 is 1.91 bits per heavy atom. The minimum atomic E-state index is -3.00. The molecule has 1 N–H and O–H groups in total. The third-order valence-corrected chi connectivity index (χ3v) is 7.77. The van der Waals surface area contributed by atoms with Crippen molar-refractivity contribution in [3.8, 4) is 0 Å². The quantitative estimate of drug-likeness (QED) is 0.621. The Balaban J connectivity index is 1.90. The molecule has 0 bridgehead atoms. The van der Waals surface area contributed by atoms with E-state index in [4.69, 9.17) is 0 Å². The van der Waals surface area contributed by atoms with Crippen molar-refractivity contribution in [1.29, 1.82) is 0 Å². The molecule has 0 aromatic carbocycles. The normalized spacial score (nSPS) is 31.8. The van der Waals surface area contributed by atoms with Gasteiger partial charge in [-0.05, 0) is 38.5 Å². The van der Waals surface area contributed by atoms with Crippen molar-refractivity contribution < 1.29 is 8.42 Å². The number of hydrogen-bond donors (Lipinski definition) is 1. The summed E-state index contributed by atoms with van der Waals surface area (Å²) >= 11 is 0. The summed E-state index contributed by atoms with van der Waals surface area (Å²) in [6.45, 7) is 7.94. The summed E-state index contributed by atoms with van der Waals surface area (Å²) in [5.41, 5.74) is 0. The molecular weight excluding hydrogens is 298 g/mol. The molecule has 1 saturated heterocycles. The smallest absolute Gasteiger partial charge is 0.193 e. The van der Waals surface area contributed by atoms with Crippen LogP contribution < -0.4 is 5.32 Å². The topological polar surface area (TPSA) is 61.8 Å². The maximum absolute atomic E-state index is 12.1. The van der Waals surface area contributed by atoms with Crippen LogP contribution in [0.3, 0.4) is 0 Å². The van der Waals surface area contributed by atoms with E-state index in [1.54, 1.807) is 7.05 Å². The molecule has 2 aliphatic rings. The highest BCUT2D eigenvalue weighted by Crippen LogP contribution is 2.28. The first-order valence-corrected chi connectivity index (χ1v) is 10.1. The molecule has 128 valence electrons. The lowest BCUT2D eigenvalue weighted by molar-refractivity contribution is 0.284. The van der Waals surface area contributed by atoms with E-state index < -0.39 is 14.6 Å². The van der Waals surface area contributed by atoms with Crippen LogP contribution in [0.2, 0.25) is 0 Å². The molecule has 5 nitrogen and oxygen atoms in total. The fraction of sp³-hybridized carbons (Fsp3) is 0.938. The van der Waals surface area contributed by atoms with Gasteiger partial charge in [0.25, 0.3) is 0 Å². The zero-order valence-corrected chi connectivity index (χ0v) is 15.2. The van der Waals surface area contributed by atoms with E-state index in [0.29, 0.717) is 13.1 Å². The zero-order valence-electron chi connectivity index (χ0n) is 14.4. The van der Waals surface area contributed by atoms with E-state index >= 15 is 0 Å². The number of guanidine groups is 1. The van der Waals surface area contributed by atoms with E-state index in [9.17, 15) is 8.42 Å². The highest BCUT2D eigenvalue weighted by molar-refractivity contribution is 7.92. The second kappa shape index (κ2) is 6.77. The molecule has 2 rings (SSSR count). The third kappa shape index (κ3) is 3.94. The van der Waals surface area contributed by atoms with Gasteiger partial charge in [0.05, 0.1) is 10.5 Å². The van der Waals surface area contributed by atoms with Gasteiger partial charge in [0.2, 0.25) is 0 Å². The third-order valence-electron chi connectivity index (χ3n) is 5.24. The average Bonchev–Trinajstić information content (AvgIpc) is 2.45. The first kappa shape index (κ1) is 17.6. The van der Waals surface area contributed by atoms with Crippen LogP contribution in [0.5, 0.6) is 0 Å². The van der Waals surface area contributed by atoms with Gasteiger partial charge in [-0.2, -0.15) is 0 Å². The van der Waals surface area contributed by atoms with E-state index in [1.165, 1.54) is 25.7 Å². The number of nitrogens with zero attached hydrogens (tertiary/aromatic N) is 2. The van der Waals surface area contributed by atoms with Crippen LogP contribution in [0.15, 0.2) is 4.99 Å². The van der Waals surface area contributed by atoms with Crippen LogP contribution >= 0.6 is 0 Å². The van der Waals surface area contributed by atoms with Gasteiger partial charge < -0.3 is 10.2 Å². The van der Waals surface area contributed by atoms with Crippen molar-refractivity contribution >= 4 is 15.8 Å². The maximum atomic E-state index is 12.1. The largest absolute Gasteiger partial charge is 0.356 e. The average molecular weight is 330 g/mol. The Morgan fingerprint density at radius 1 is 1.27 bits per heavy atom. The van der Waals surface area contributed by atoms with Gasteiger partial charge in [-0.1, -0.05) is 19.8 Å². The molecule has 1 heterocycles. The standard InChI is InChI=1S/C16H31N3O2S/c1-13-5-7-14(8-6-13)11-18-15(17-4)19-9-10-22(20,21)16(2,3)12-19/h13-14H,5-12H2,1-4H3,(H,17,18). The predicted molar refractivity (Wildman–Crippen MR) is 91.9 cm³/mol. The van der Waals surface area contributed by atoms with Crippen LogP contribution in [0.25, 0.3) is 0 Å². The second-order valence-corrected chi connectivity index (χ2v) is 10.3. The number of rotatable bonds is 2. The van der Waals surface area contributed by atoms with Gasteiger partial charge in [-0.15, -0.1) is 0 Å². The van der Waals surface area contributed by atoms with Crippen molar-refractivity contribution in [3.63, 3.8) is 0 Å². The minimum Gasteiger partial charge on any atom is -0.356 e. The molecule has 0 unspecified atom stereocenters. The van der Waals surface area contributed by atoms with Crippen LogP contribution in [0.1, 0.15) is 46.5 Å². The summed E-state index contributed by atoms with van der Waals surface area (Å²) < 4.78 is 23.5. The first-order valence-electron chi connectivity index (χ1n) is 8.43. The zero-order chi connectivity index (χ0) is 16.4. The highest BCUT2D eigenvalue weighted by Gasteiger charge is 2.41. The molecule has 0 radical (unpaired) electrons. The molecule has 0 atom stereocenters. The molecule has 6 heteroatoms. The van der Waals surface area contributed by atoms with Crippen molar-refractivity contribution in [2.45, 2.75) is 51.2 Å². The number of sulfone groups is 1. The first-order chi connectivity index (χ1) is 10.2. The van der Waals surface area contributed by atoms with E-state index in [0.717, 1.165) is 24.3 Å². The van der Waals surface area contributed by atoms with Crippen LogP contribution in [-0.2, 0) is 9.84 Å². The molecule has 2 fully saturated rings. The van der Waals surface area contributed by atoms with Gasteiger partial charge in [0, 0.05) is 26.7 Å². The van der Waals surface area contributed by atoms with Gasteiger partial charge >= 0.3 is 0 Å². The van der Waals surface area contributed by atoms with Gasteiger partial charge in [0.1, 0.15) is 0 Å². The number of nitrogens with one attached hydrogen (secondary N) is 1. The Morgan fingerprint density at radius 3 is 2.45 bits per heavy atom. The van der Waals surface area contributed by atoms with E-state index in [1.807, 2.05) is 13.8 Å². The molecular formula is C16H31N3O2S. The summed E-state index contributed by atoms with van der Waals surface area (Å²) in [5, 5.41) is 3.47. The van der Waals surface area contributed by atoms with Crippen molar-refractivity contribution in [3.05, 3.63) is 0 Å². The van der Waals surface area contributed by atoms with E-state index in [-0.39, 0.29) is 5.75 Å². The molecule has 1 aliphatic heterocycles. The SMILES string of the molecule is CN=C(NCC1CCC(C)CC1)N1CCS(=O)(=O)C(C)(C)C1. The Labute approximate surface area is 135 Å². The predicted octanol–water partition coefficient (Wildman–Crippen LogP) is 1.90. The van der Waals surface area contributed by atoms with Crippen molar-refractivity contribution in [2.24, 2.45) is 16.8 Å². The van der Waals surface area contributed by atoms with Crippen LogP contribution in [-0.4, -0.2) is 56.5 Å². The van der Waals surface area contributed by atoms with Gasteiger partial charge in [-0.3, -0.25) is 4.99 Å². The summed E-state index contributed by atoms with van der Waals surface area (Å²) in [4.78, 5) is 6.45. The van der Waals surface area contributed by atoms with Crippen molar-refractivity contribution in [2.75, 3.05) is 32.4 Å². The Kier molecular flexibility index (Phi) is 5.41. The number of hydrogen-bond acceptors (Lipinski definition) is 3. The summed E-state index contributed by atoms with van der Waals surface area (Å²) in [6.07, 6.45) is 5.20.